The molecular weight excluding hydrogens is 289 g/mol. The lowest BCUT2D eigenvalue weighted by molar-refractivity contribution is -0.142. The van der Waals surface area contributed by atoms with E-state index in [9.17, 15) is 19.1 Å². The first kappa shape index (κ1) is 15.7. The Morgan fingerprint density at radius 3 is 2.41 bits per heavy atom. The Kier molecular flexibility index (Phi) is 4.55. The fraction of sp³-hybridized carbons (Fsp3) is 0.267. The molecule has 2 atom stereocenters. The normalized spacial score (nSPS) is 13.4. The quantitative estimate of drug-likeness (QED) is 0.879. The van der Waals surface area contributed by atoms with Gasteiger partial charge in [0.1, 0.15) is 5.82 Å². The summed E-state index contributed by atoms with van der Waals surface area (Å²) in [5.74, 6) is -2.62. The summed E-state index contributed by atoms with van der Waals surface area (Å²) in [6, 6.07) is 4.34. The number of aliphatic carboxylic acids is 1. The molecule has 7 heteroatoms. The monoisotopic (exact) mass is 305 g/mol. The molecule has 2 aromatic rings. The summed E-state index contributed by atoms with van der Waals surface area (Å²) in [5.41, 5.74) is 0.990. The molecule has 1 amide bonds. The zero-order chi connectivity index (χ0) is 16.3. The van der Waals surface area contributed by atoms with Crippen molar-refractivity contribution in [2.24, 2.45) is 7.05 Å². The molecule has 2 N–H and O–H groups in total. The lowest BCUT2D eigenvalue weighted by atomic mass is 9.99. The third-order valence-electron chi connectivity index (χ3n) is 3.36. The van der Waals surface area contributed by atoms with Gasteiger partial charge in [0.05, 0.1) is 12.1 Å². The van der Waals surface area contributed by atoms with Gasteiger partial charge in [-0.15, -0.1) is 0 Å². The molecule has 0 radical (unpaired) electrons. The van der Waals surface area contributed by atoms with Crippen LogP contribution in [0.4, 0.5) is 4.39 Å². The highest BCUT2D eigenvalue weighted by atomic mass is 19.1. The summed E-state index contributed by atoms with van der Waals surface area (Å²) in [5, 5.41) is 15.6. The van der Waals surface area contributed by atoms with Crippen molar-refractivity contribution in [2.75, 3.05) is 0 Å². The van der Waals surface area contributed by atoms with E-state index in [0.717, 1.165) is 0 Å². The Balaban J connectivity index is 2.14. The summed E-state index contributed by atoms with van der Waals surface area (Å²) in [7, 11) is 1.66. The van der Waals surface area contributed by atoms with E-state index in [4.69, 9.17) is 0 Å². The topological polar surface area (TPSA) is 84.2 Å². The van der Waals surface area contributed by atoms with E-state index in [1.807, 2.05) is 0 Å². The van der Waals surface area contributed by atoms with Crippen LogP contribution in [0.2, 0.25) is 0 Å². The molecule has 1 aromatic heterocycles. The van der Waals surface area contributed by atoms with Gasteiger partial charge >= 0.3 is 5.97 Å². The molecular formula is C15H16FN3O3. The summed E-state index contributed by atoms with van der Waals surface area (Å²) in [6.45, 7) is 1.63. The average Bonchev–Trinajstić information content (AvgIpc) is 2.90. The zero-order valence-electron chi connectivity index (χ0n) is 12.2. The van der Waals surface area contributed by atoms with Crippen LogP contribution in [-0.2, 0) is 16.6 Å². The van der Waals surface area contributed by atoms with Crippen molar-refractivity contribution >= 4 is 11.9 Å². The van der Waals surface area contributed by atoms with Crippen LogP contribution in [0, 0.1) is 5.82 Å². The highest BCUT2D eigenvalue weighted by Gasteiger charge is 2.26. The zero-order valence-corrected chi connectivity index (χ0v) is 12.2. The molecule has 0 aliphatic carbocycles. The first-order valence-electron chi connectivity index (χ1n) is 6.65. The Bertz CT molecular complexity index is 682. The minimum Gasteiger partial charge on any atom is -0.479 e. The van der Waals surface area contributed by atoms with Crippen molar-refractivity contribution in [3.05, 3.63) is 53.6 Å². The summed E-state index contributed by atoms with van der Waals surface area (Å²) >= 11 is 0. The van der Waals surface area contributed by atoms with Crippen LogP contribution in [0.1, 0.15) is 30.0 Å². The molecule has 2 unspecified atom stereocenters. The molecule has 0 aliphatic rings. The van der Waals surface area contributed by atoms with E-state index in [0.29, 0.717) is 11.1 Å². The summed E-state index contributed by atoms with van der Waals surface area (Å²) in [6.07, 6.45) is 2.92. The second kappa shape index (κ2) is 6.38. The Labute approximate surface area is 126 Å². The molecule has 1 aromatic carbocycles. The van der Waals surface area contributed by atoms with E-state index in [1.165, 1.54) is 41.3 Å². The van der Waals surface area contributed by atoms with Crippen LogP contribution in [0.5, 0.6) is 0 Å². The standard InChI is InChI=1S/C15H16FN3O3/c1-9(10-3-5-12(16)6-4-10)14(20)18-13(15(21)22)11-7-17-19(2)8-11/h3-9,13H,1-2H3,(H,18,20)(H,21,22). The van der Waals surface area contributed by atoms with Crippen molar-refractivity contribution in [2.45, 2.75) is 18.9 Å². The van der Waals surface area contributed by atoms with Crippen molar-refractivity contribution in [1.82, 2.24) is 15.1 Å². The van der Waals surface area contributed by atoms with E-state index >= 15 is 0 Å². The Morgan fingerprint density at radius 2 is 1.91 bits per heavy atom. The van der Waals surface area contributed by atoms with Gasteiger partial charge in [-0.2, -0.15) is 5.10 Å². The number of hydrogen-bond donors (Lipinski definition) is 2. The van der Waals surface area contributed by atoms with E-state index in [1.54, 1.807) is 14.0 Å². The second-order valence-corrected chi connectivity index (χ2v) is 5.00. The number of carbonyl (C=O) groups excluding carboxylic acids is 1. The van der Waals surface area contributed by atoms with Gasteiger partial charge in [0, 0.05) is 18.8 Å². The lowest BCUT2D eigenvalue weighted by Crippen LogP contribution is -2.36. The van der Waals surface area contributed by atoms with Crippen molar-refractivity contribution in [3.8, 4) is 0 Å². The third kappa shape index (κ3) is 3.49. The van der Waals surface area contributed by atoms with Crippen molar-refractivity contribution < 1.29 is 19.1 Å². The molecule has 0 saturated heterocycles. The molecule has 116 valence electrons. The van der Waals surface area contributed by atoms with Crippen molar-refractivity contribution in [1.29, 1.82) is 0 Å². The fourth-order valence-electron chi connectivity index (χ4n) is 2.05. The van der Waals surface area contributed by atoms with Gasteiger partial charge in [0.25, 0.3) is 0 Å². The number of hydrogen-bond acceptors (Lipinski definition) is 3. The van der Waals surface area contributed by atoms with Crippen LogP contribution >= 0.6 is 0 Å². The van der Waals surface area contributed by atoms with Gasteiger partial charge < -0.3 is 10.4 Å². The maximum absolute atomic E-state index is 12.9. The lowest BCUT2D eigenvalue weighted by Gasteiger charge is -2.17. The molecule has 6 nitrogen and oxygen atoms in total. The molecule has 1 heterocycles. The minimum absolute atomic E-state index is 0.384. The third-order valence-corrected chi connectivity index (χ3v) is 3.36. The van der Waals surface area contributed by atoms with Crippen LogP contribution in [0.25, 0.3) is 0 Å². The predicted octanol–water partition coefficient (Wildman–Crippen LogP) is 1.60. The number of benzene rings is 1. The number of nitrogens with zero attached hydrogens (tertiary/aromatic N) is 2. The molecule has 0 fully saturated rings. The van der Waals surface area contributed by atoms with Crippen LogP contribution < -0.4 is 5.32 Å². The number of carboxylic acid groups (broad SMARTS) is 1. The predicted molar refractivity (Wildman–Crippen MR) is 76.5 cm³/mol. The number of halogens is 1. The van der Waals surface area contributed by atoms with Crippen molar-refractivity contribution in [3.63, 3.8) is 0 Å². The SMILES string of the molecule is CC(C(=O)NC(C(=O)O)c1cnn(C)c1)c1ccc(F)cc1. The Morgan fingerprint density at radius 1 is 1.27 bits per heavy atom. The average molecular weight is 305 g/mol. The first-order valence-corrected chi connectivity index (χ1v) is 6.65. The first-order chi connectivity index (χ1) is 10.4. The largest absolute Gasteiger partial charge is 0.479 e. The number of nitrogens with one attached hydrogen (secondary N) is 1. The van der Waals surface area contributed by atoms with E-state index in [2.05, 4.69) is 10.4 Å². The summed E-state index contributed by atoms with van der Waals surface area (Å²) in [4.78, 5) is 23.6. The van der Waals surface area contributed by atoms with E-state index in [-0.39, 0.29) is 0 Å². The molecule has 0 bridgehead atoms. The fourth-order valence-corrected chi connectivity index (χ4v) is 2.05. The number of carboxylic acids is 1. The van der Waals surface area contributed by atoms with Crippen LogP contribution in [0.15, 0.2) is 36.7 Å². The van der Waals surface area contributed by atoms with Gasteiger partial charge in [-0.25, -0.2) is 9.18 Å². The maximum atomic E-state index is 12.9. The number of carbonyl (C=O) groups is 2. The second-order valence-electron chi connectivity index (χ2n) is 5.00. The molecule has 0 saturated carbocycles. The highest BCUT2D eigenvalue weighted by Crippen LogP contribution is 2.19. The van der Waals surface area contributed by atoms with Gasteiger partial charge in [-0.05, 0) is 24.6 Å². The molecule has 2 rings (SSSR count). The minimum atomic E-state index is -1.18. The van der Waals surface area contributed by atoms with E-state index < -0.39 is 29.7 Å². The smallest absolute Gasteiger partial charge is 0.331 e. The van der Waals surface area contributed by atoms with Crippen LogP contribution in [-0.4, -0.2) is 26.8 Å². The molecule has 22 heavy (non-hydrogen) atoms. The van der Waals surface area contributed by atoms with Gasteiger partial charge in [-0.3, -0.25) is 9.48 Å². The number of amides is 1. The highest BCUT2D eigenvalue weighted by molar-refractivity contribution is 5.88. The molecule has 0 spiro atoms. The molecule has 0 aliphatic heterocycles. The van der Waals surface area contributed by atoms with Gasteiger partial charge in [-0.1, -0.05) is 12.1 Å². The van der Waals surface area contributed by atoms with Gasteiger partial charge in [0.2, 0.25) is 5.91 Å². The van der Waals surface area contributed by atoms with Gasteiger partial charge in [0.15, 0.2) is 6.04 Å². The summed E-state index contributed by atoms with van der Waals surface area (Å²) < 4.78 is 14.4. The Hall–Kier alpha value is -2.70. The van der Waals surface area contributed by atoms with Crippen LogP contribution in [0.3, 0.4) is 0 Å². The maximum Gasteiger partial charge on any atom is 0.331 e. The number of rotatable bonds is 5. The number of aromatic nitrogens is 2. The number of aryl methyl sites for hydroxylation is 1.